The van der Waals surface area contributed by atoms with Gasteiger partial charge in [-0.25, -0.2) is 0 Å². The van der Waals surface area contributed by atoms with Crippen LogP contribution in [0.25, 0.3) is 0 Å². The maximum atomic E-state index is 13.0. The third-order valence-electron chi connectivity index (χ3n) is 5.16. The van der Waals surface area contributed by atoms with Crippen molar-refractivity contribution in [1.29, 1.82) is 0 Å². The summed E-state index contributed by atoms with van der Waals surface area (Å²) in [5.74, 6) is -0.907. The molecule has 0 spiro atoms. The van der Waals surface area contributed by atoms with Crippen LogP contribution in [0, 0.1) is 5.92 Å². The quantitative estimate of drug-likeness (QED) is 0.237. The van der Waals surface area contributed by atoms with Gasteiger partial charge >= 0.3 is 0 Å². The molecule has 4 amide bonds. The molecule has 0 aromatic rings. The van der Waals surface area contributed by atoms with Crippen molar-refractivity contribution in [2.45, 2.75) is 51.8 Å². The van der Waals surface area contributed by atoms with Gasteiger partial charge in [0.2, 0.25) is 24.1 Å². The number of likely N-dealkylation sites (N-methyl/N-ethyl adjacent to an activating group) is 1. The molecule has 1 saturated heterocycles. The molecule has 10 heteroatoms. The molecule has 1 aliphatic rings. The number of rotatable bonds is 11. The van der Waals surface area contributed by atoms with Gasteiger partial charge in [0.15, 0.2) is 0 Å². The monoisotopic (exact) mass is 426 g/mol. The number of amides is 4. The van der Waals surface area contributed by atoms with Gasteiger partial charge in [0, 0.05) is 25.7 Å². The first-order chi connectivity index (χ1) is 14.1. The Morgan fingerprint density at radius 2 is 1.97 bits per heavy atom. The molecule has 0 bridgehead atoms. The highest BCUT2D eigenvalue weighted by atomic mass is 16.3. The molecule has 170 valence electrons. The smallest absolute Gasteiger partial charge is 0.249 e. The van der Waals surface area contributed by atoms with Crippen molar-refractivity contribution in [3.8, 4) is 0 Å². The largest absolute Gasteiger partial charge is 0.394 e. The SMILES string of the molecule is C/C(=C\[C@H](C(C)C)N(C)C(=O)CNC=O)C(=O)N1CCC[C@H]1C(=O)NCC(O)CO. The van der Waals surface area contributed by atoms with Gasteiger partial charge in [0.1, 0.15) is 6.04 Å². The van der Waals surface area contributed by atoms with E-state index in [-0.39, 0.29) is 42.8 Å². The van der Waals surface area contributed by atoms with Crippen LogP contribution < -0.4 is 10.6 Å². The standard InChI is InChI=1S/C20H34N4O6/c1-13(2)17(23(4)18(28)10-21-12-26)8-14(3)20(30)24-7-5-6-16(24)19(29)22-9-15(27)11-25/h8,12-13,15-17,25,27H,5-7,9-11H2,1-4H3,(H,21,26)(H,22,29)/b14-8+/t15?,16-,17+/m0/s1. The van der Waals surface area contributed by atoms with E-state index in [2.05, 4.69) is 10.6 Å². The number of likely N-dealkylation sites (tertiary alicyclic amines) is 1. The summed E-state index contributed by atoms with van der Waals surface area (Å²) >= 11 is 0. The molecule has 0 aromatic heterocycles. The predicted molar refractivity (Wildman–Crippen MR) is 110 cm³/mol. The maximum absolute atomic E-state index is 13.0. The first-order valence-electron chi connectivity index (χ1n) is 10.1. The zero-order valence-corrected chi connectivity index (χ0v) is 18.1. The fourth-order valence-electron chi connectivity index (χ4n) is 3.41. The Hall–Kier alpha value is -2.46. The summed E-state index contributed by atoms with van der Waals surface area (Å²) in [7, 11) is 1.62. The van der Waals surface area contributed by atoms with Crippen LogP contribution in [0.2, 0.25) is 0 Å². The van der Waals surface area contributed by atoms with Crippen LogP contribution in [0.1, 0.15) is 33.6 Å². The fraction of sp³-hybridized carbons (Fsp3) is 0.700. The van der Waals surface area contributed by atoms with E-state index in [4.69, 9.17) is 5.11 Å². The number of nitrogens with zero attached hydrogens (tertiary/aromatic N) is 2. The lowest BCUT2D eigenvalue weighted by Gasteiger charge is -2.30. The van der Waals surface area contributed by atoms with Gasteiger partial charge in [0.25, 0.3) is 0 Å². The van der Waals surface area contributed by atoms with Gasteiger partial charge in [-0.05, 0) is 25.7 Å². The summed E-state index contributed by atoms with van der Waals surface area (Å²) in [4.78, 5) is 51.1. The van der Waals surface area contributed by atoms with Crippen LogP contribution in [-0.4, -0.2) is 95.6 Å². The van der Waals surface area contributed by atoms with Crippen LogP contribution in [0.3, 0.4) is 0 Å². The number of carbonyl (C=O) groups excluding carboxylic acids is 4. The molecule has 0 aliphatic carbocycles. The average Bonchev–Trinajstić information content (AvgIpc) is 3.22. The van der Waals surface area contributed by atoms with E-state index in [9.17, 15) is 24.3 Å². The predicted octanol–water partition coefficient (Wildman–Crippen LogP) is -1.38. The van der Waals surface area contributed by atoms with E-state index in [0.29, 0.717) is 31.4 Å². The summed E-state index contributed by atoms with van der Waals surface area (Å²) in [5.41, 5.74) is 0.423. The molecular weight excluding hydrogens is 392 g/mol. The average molecular weight is 427 g/mol. The number of aliphatic hydroxyl groups excluding tert-OH is 2. The summed E-state index contributed by atoms with van der Waals surface area (Å²) < 4.78 is 0. The number of hydrogen-bond acceptors (Lipinski definition) is 6. The van der Waals surface area contributed by atoms with E-state index in [1.54, 1.807) is 20.0 Å². The van der Waals surface area contributed by atoms with Gasteiger partial charge in [-0.3, -0.25) is 19.2 Å². The minimum atomic E-state index is -1.05. The zero-order valence-electron chi connectivity index (χ0n) is 18.1. The van der Waals surface area contributed by atoms with Crippen molar-refractivity contribution < 1.29 is 29.4 Å². The Kier molecular flexibility index (Phi) is 10.5. The maximum Gasteiger partial charge on any atom is 0.249 e. The van der Waals surface area contributed by atoms with Crippen LogP contribution in [0.5, 0.6) is 0 Å². The Balaban J connectivity index is 2.89. The normalized spacial score (nSPS) is 18.7. The molecule has 0 radical (unpaired) electrons. The van der Waals surface area contributed by atoms with E-state index < -0.39 is 18.8 Å². The Bertz CT molecular complexity index is 651. The van der Waals surface area contributed by atoms with Crippen molar-refractivity contribution in [3.05, 3.63) is 11.6 Å². The van der Waals surface area contributed by atoms with E-state index in [1.807, 2.05) is 13.8 Å². The van der Waals surface area contributed by atoms with Crippen molar-refractivity contribution in [2.75, 3.05) is 33.3 Å². The summed E-state index contributed by atoms with van der Waals surface area (Å²) in [5, 5.41) is 23.2. The van der Waals surface area contributed by atoms with Crippen LogP contribution in [0.4, 0.5) is 0 Å². The number of carbonyl (C=O) groups is 4. The second-order valence-corrected chi connectivity index (χ2v) is 7.83. The topological polar surface area (TPSA) is 139 Å². The third kappa shape index (κ3) is 7.10. The van der Waals surface area contributed by atoms with Gasteiger partial charge in [0.05, 0.1) is 25.3 Å². The second-order valence-electron chi connectivity index (χ2n) is 7.83. The molecule has 1 aliphatic heterocycles. The van der Waals surface area contributed by atoms with Crippen molar-refractivity contribution in [1.82, 2.24) is 20.4 Å². The third-order valence-corrected chi connectivity index (χ3v) is 5.16. The molecule has 0 aromatic carbocycles. The highest BCUT2D eigenvalue weighted by molar-refractivity contribution is 5.97. The van der Waals surface area contributed by atoms with Crippen molar-refractivity contribution in [3.63, 3.8) is 0 Å². The Morgan fingerprint density at radius 3 is 2.53 bits per heavy atom. The summed E-state index contributed by atoms with van der Waals surface area (Å²) in [6, 6.07) is -0.995. The van der Waals surface area contributed by atoms with Crippen LogP contribution in [0.15, 0.2) is 11.6 Å². The van der Waals surface area contributed by atoms with Gasteiger partial charge in [-0.15, -0.1) is 0 Å². The number of nitrogens with one attached hydrogen (secondary N) is 2. The van der Waals surface area contributed by atoms with Crippen LogP contribution >= 0.6 is 0 Å². The zero-order chi connectivity index (χ0) is 22.8. The first kappa shape index (κ1) is 25.6. The molecule has 1 unspecified atom stereocenters. The lowest BCUT2D eigenvalue weighted by molar-refractivity contribution is -0.136. The molecule has 1 heterocycles. The van der Waals surface area contributed by atoms with Crippen molar-refractivity contribution in [2.24, 2.45) is 5.92 Å². The number of hydrogen-bond donors (Lipinski definition) is 4. The van der Waals surface area contributed by atoms with Gasteiger partial charge < -0.3 is 30.6 Å². The summed E-state index contributed by atoms with van der Waals surface area (Å²) in [6.45, 7) is 5.28. The molecule has 4 N–H and O–H groups in total. The van der Waals surface area contributed by atoms with E-state index >= 15 is 0 Å². The van der Waals surface area contributed by atoms with Gasteiger partial charge in [-0.2, -0.15) is 0 Å². The van der Waals surface area contributed by atoms with E-state index in [1.165, 1.54) is 9.80 Å². The minimum Gasteiger partial charge on any atom is -0.394 e. The lowest BCUT2D eigenvalue weighted by Crippen LogP contribution is -2.48. The lowest BCUT2D eigenvalue weighted by atomic mass is 9.99. The summed E-state index contributed by atoms with van der Waals surface area (Å²) in [6.07, 6.45) is 2.33. The van der Waals surface area contributed by atoms with Crippen molar-refractivity contribution >= 4 is 24.1 Å². The minimum absolute atomic E-state index is 0.0237. The highest BCUT2D eigenvalue weighted by Crippen LogP contribution is 2.21. The second kappa shape index (κ2) is 12.3. The highest BCUT2D eigenvalue weighted by Gasteiger charge is 2.35. The Morgan fingerprint density at radius 1 is 1.30 bits per heavy atom. The Labute approximate surface area is 177 Å². The number of aliphatic hydroxyl groups is 2. The fourth-order valence-corrected chi connectivity index (χ4v) is 3.41. The molecule has 30 heavy (non-hydrogen) atoms. The molecule has 0 saturated carbocycles. The molecule has 1 rings (SSSR count). The molecule has 3 atom stereocenters. The van der Waals surface area contributed by atoms with Crippen LogP contribution in [-0.2, 0) is 19.2 Å². The molecular formula is C20H34N4O6. The van der Waals surface area contributed by atoms with E-state index in [0.717, 1.165) is 0 Å². The van der Waals surface area contributed by atoms with Gasteiger partial charge in [-0.1, -0.05) is 19.9 Å². The molecule has 1 fully saturated rings. The first-order valence-corrected chi connectivity index (χ1v) is 10.1. The molecule has 10 nitrogen and oxygen atoms in total.